The van der Waals surface area contributed by atoms with Crippen molar-refractivity contribution in [3.63, 3.8) is 0 Å². The lowest BCUT2D eigenvalue weighted by atomic mass is 9.95. The molecule has 0 unspecified atom stereocenters. The molecule has 148 valence electrons. The molecule has 0 aromatic heterocycles. The molecule has 0 spiro atoms. The van der Waals surface area contributed by atoms with Crippen molar-refractivity contribution in [2.75, 3.05) is 18.5 Å². The second-order valence-electron chi connectivity index (χ2n) is 6.66. The number of hydrogen-bond donors (Lipinski definition) is 2. The lowest BCUT2D eigenvalue weighted by molar-refractivity contribution is -0.146. The monoisotopic (exact) mass is 374 g/mol. The van der Waals surface area contributed by atoms with Crippen molar-refractivity contribution in [3.05, 3.63) is 41.2 Å². The Morgan fingerprint density at radius 1 is 0.963 bits per heavy atom. The number of aryl methyl sites for hydroxylation is 1. The molecule has 0 radical (unpaired) electrons. The first-order valence-corrected chi connectivity index (χ1v) is 9.73. The molecule has 0 heterocycles. The maximum atomic E-state index is 12.5. The van der Waals surface area contributed by atoms with Crippen molar-refractivity contribution >= 4 is 17.6 Å². The second-order valence-corrected chi connectivity index (χ2v) is 6.66. The van der Waals surface area contributed by atoms with Crippen LogP contribution >= 0.6 is 0 Å². The van der Waals surface area contributed by atoms with E-state index in [1.165, 1.54) is 6.42 Å². The SMILES string of the molecule is CCOC(=O)C(C(=O)OCC)=C(Nc1ccc(C)cc1)NC1CCCCC1. The van der Waals surface area contributed by atoms with Crippen molar-refractivity contribution in [3.8, 4) is 0 Å². The zero-order chi connectivity index (χ0) is 19.6. The van der Waals surface area contributed by atoms with Crippen molar-refractivity contribution < 1.29 is 19.1 Å². The van der Waals surface area contributed by atoms with Gasteiger partial charge in [0.1, 0.15) is 5.82 Å². The van der Waals surface area contributed by atoms with Gasteiger partial charge in [-0.15, -0.1) is 0 Å². The Morgan fingerprint density at radius 3 is 2.04 bits per heavy atom. The Kier molecular flexibility index (Phi) is 8.17. The van der Waals surface area contributed by atoms with Crippen LogP contribution in [0.5, 0.6) is 0 Å². The first kappa shape index (κ1) is 20.8. The molecule has 1 aliphatic rings. The molecule has 0 bridgehead atoms. The largest absolute Gasteiger partial charge is 0.462 e. The number of esters is 2. The average molecular weight is 374 g/mol. The van der Waals surface area contributed by atoms with Crippen LogP contribution in [0.1, 0.15) is 51.5 Å². The Labute approximate surface area is 161 Å². The second kappa shape index (κ2) is 10.6. The smallest absolute Gasteiger partial charge is 0.349 e. The highest BCUT2D eigenvalue weighted by atomic mass is 16.6. The number of benzene rings is 1. The fraction of sp³-hybridized carbons (Fsp3) is 0.524. The van der Waals surface area contributed by atoms with E-state index in [0.717, 1.165) is 36.9 Å². The van der Waals surface area contributed by atoms with Crippen LogP contribution in [0.4, 0.5) is 5.69 Å². The number of carbonyl (C=O) groups is 2. The summed E-state index contributed by atoms with van der Waals surface area (Å²) in [7, 11) is 0. The summed E-state index contributed by atoms with van der Waals surface area (Å²) in [5, 5.41) is 6.56. The fourth-order valence-electron chi connectivity index (χ4n) is 3.10. The summed E-state index contributed by atoms with van der Waals surface area (Å²) in [5.74, 6) is -1.02. The molecule has 2 rings (SSSR count). The maximum absolute atomic E-state index is 12.5. The van der Waals surface area contributed by atoms with E-state index in [1.54, 1.807) is 13.8 Å². The summed E-state index contributed by atoms with van der Waals surface area (Å²) >= 11 is 0. The van der Waals surface area contributed by atoms with E-state index in [0.29, 0.717) is 5.82 Å². The zero-order valence-electron chi connectivity index (χ0n) is 16.5. The summed E-state index contributed by atoms with van der Waals surface area (Å²) in [6, 6.07) is 7.95. The molecule has 0 aliphatic heterocycles. The van der Waals surface area contributed by atoms with E-state index in [-0.39, 0.29) is 24.8 Å². The number of rotatable bonds is 8. The van der Waals surface area contributed by atoms with E-state index in [1.807, 2.05) is 31.2 Å². The number of nitrogens with one attached hydrogen (secondary N) is 2. The van der Waals surface area contributed by atoms with E-state index in [9.17, 15) is 9.59 Å². The van der Waals surface area contributed by atoms with Crippen LogP contribution < -0.4 is 10.6 Å². The van der Waals surface area contributed by atoms with Gasteiger partial charge in [-0.25, -0.2) is 9.59 Å². The molecule has 1 aliphatic carbocycles. The highest BCUT2D eigenvalue weighted by Gasteiger charge is 2.28. The van der Waals surface area contributed by atoms with Crippen molar-refractivity contribution in [1.82, 2.24) is 5.32 Å². The summed E-state index contributed by atoms with van der Waals surface area (Å²) in [5.41, 5.74) is 1.79. The van der Waals surface area contributed by atoms with Crippen molar-refractivity contribution in [2.24, 2.45) is 0 Å². The quantitative estimate of drug-likeness (QED) is 0.313. The molecule has 0 atom stereocenters. The van der Waals surface area contributed by atoms with Gasteiger partial charge in [-0.05, 0) is 45.7 Å². The van der Waals surface area contributed by atoms with Gasteiger partial charge in [0, 0.05) is 11.7 Å². The third kappa shape index (κ3) is 6.31. The van der Waals surface area contributed by atoms with Crippen LogP contribution in [0.3, 0.4) is 0 Å². The minimum atomic E-state index is -0.686. The highest BCUT2D eigenvalue weighted by molar-refractivity contribution is 6.15. The number of ether oxygens (including phenoxy) is 2. The first-order valence-electron chi connectivity index (χ1n) is 9.73. The molecule has 1 aromatic carbocycles. The Hall–Kier alpha value is -2.50. The summed E-state index contributed by atoms with van der Waals surface area (Å²) in [6.07, 6.45) is 5.47. The van der Waals surface area contributed by atoms with Gasteiger partial charge < -0.3 is 20.1 Å². The molecule has 6 heteroatoms. The lowest BCUT2D eigenvalue weighted by Gasteiger charge is -2.27. The predicted molar refractivity (Wildman–Crippen MR) is 105 cm³/mol. The number of anilines is 1. The standard InChI is InChI=1S/C21H30N2O4/c1-4-26-20(24)18(21(25)27-5-2)19(22-16-9-7-6-8-10-16)23-17-13-11-15(3)12-14-17/h11-14,16,22-23H,4-10H2,1-3H3. The normalized spacial score (nSPS) is 14.2. The number of hydrogen-bond acceptors (Lipinski definition) is 6. The van der Waals surface area contributed by atoms with Crippen molar-refractivity contribution in [2.45, 2.75) is 58.9 Å². The van der Waals surface area contributed by atoms with Crippen LogP contribution in [0, 0.1) is 6.92 Å². The van der Waals surface area contributed by atoms with Crippen LogP contribution in [0.15, 0.2) is 35.7 Å². The van der Waals surface area contributed by atoms with Crippen LogP contribution in [-0.4, -0.2) is 31.2 Å². The summed E-state index contributed by atoms with van der Waals surface area (Å²) in [4.78, 5) is 25.1. The third-order valence-corrected chi connectivity index (χ3v) is 4.48. The molecule has 2 N–H and O–H groups in total. The van der Waals surface area contributed by atoms with E-state index in [2.05, 4.69) is 10.6 Å². The summed E-state index contributed by atoms with van der Waals surface area (Å²) in [6.45, 7) is 5.79. The van der Waals surface area contributed by atoms with Crippen LogP contribution in [-0.2, 0) is 19.1 Å². The fourth-order valence-corrected chi connectivity index (χ4v) is 3.10. The third-order valence-electron chi connectivity index (χ3n) is 4.48. The number of carbonyl (C=O) groups excluding carboxylic acids is 2. The first-order chi connectivity index (χ1) is 13.0. The van der Waals surface area contributed by atoms with E-state index >= 15 is 0 Å². The van der Waals surface area contributed by atoms with Crippen LogP contribution in [0.2, 0.25) is 0 Å². The van der Waals surface area contributed by atoms with Crippen molar-refractivity contribution in [1.29, 1.82) is 0 Å². The Balaban J connectivity index is 2.38. The predicted octanol–water partition coefficient (Wildman–Crippen LogP) is 3.67. The molecule has 6 nitrogen and oxygen atoms in total. The minimum Gasteiger partial charge on any atom is -0.462 e. The Morgan fingerprint density at radius 2 is 1.52 bits per heavy atom. The topological polar surface area (TPSA) is 76.7 Å². The average Bonchev–Trinajstić information content (AvgIpc) is 2.65. The molecule has 27 heavy (non-hydrogen) atoms. The summed E-state index contributed by atoms with van der Waals surface area (Å²) < 4.78 is 10.2. The van der Waals surface area contributed by atoms with E-state index in [4.69, 9.17) is 9.47 Å². The van der Waals surface area contributed by atoms with Gasteiger partial charge in [0.15, 0.2) is 5.57 Å². The van der Waals surface area contributed by atoms with Gasteiger partial charge in [0.2, 0.25) is 0 Å². The zero-order valence-corrected chi connectivity index (χ0v) is 16.5. The van der Waals surface area contributed by atoms with Crippen LogP contribution in [0.25, 0.3) is 0 Å². The maximum Gasteiger partial charge on any atom is 0.349 e. The molecular formula is C21H30N2O4. The van der Waals surface area contributed by atoms with Gasteiger partial charge in [0.05, 0.1) is 13.2 Å². The van der Waals surface area contributed by atoms with E-state index < -0.39 is 11.9 Å². The highest BCUT2D eigenvalue weighted by Crippen LogP contribution is 2.21. The van der Waals surface area contributed by atoms with Gasteiger partial charge >= 0.3 is 11.9 Å². The molecule has 1 aromatic rings. The molecule has 1 fully saturated rings. The molecular weight excluding hydrogens is 344 g/mol. The molecule has 0 saturated heterocycles. The minimum absolute atomic E-state index is 0.121. The van der Waals surface area contributed by atoms with Gasteiger partial charge in [0.25, 0.3) is 0 Å². The molecule has 1 saturated carbocycles. The van der Waals surface area contributed by atoms with Gasteiger partial charge in [-0.1, -0.05) is 37.0 Å². The van der Waals surface area contributed by atoms with Gasteiger partial charge in [-0.3, -0.25) is 0 Å². The van der Waals surface area contributed by atoms with Gasteiger partial charge in [-0.2, -0.15) is 0 Å². The Bertz CT molecular complexity index is 641. The lowest BCUT2D eigenvalue weighted by Crippen LogP contribution is -2.37. The molecule has 0 amide bonds.